The van der Waals surface area contributed by atoms with E-state index in [2.05, 4.69) is 39.1 Å². The molecule has 0 radical (unpaired) electrons. The lowest BCUT2D eigenvalue weighted by molar-refractivity contribution is -0.116. The molecule has 0 unspecified atom stereocenters. The van der Waals surface area contributed by atoms with Gasteiger partial charge in [-0.05, 0) is 50.8 Å². The molecule has 3 N–H and O–H groups in total. The number of nitrogens with one attached hydrogen (secondary N) is 3. The van der Waals surface area contributed by atoms with Crippen LogP contribution in [0.25, 0.3) is 0 Å². The van der Waals surface area contributed by atoms with Gasteiger partial charge in [-0.3, -0.25) is 5.10 Å². The number of allylic oxidation sites excluding steroid dienone is 3. The monoisotopic (exact) mass is 342 g/mol. The molecule has 1 aromatic heterocycles. The Hall–Kier alpha value is -1.59. The number of hydrogen-bond donors (Lipinski definition) is 3. The van der Waals surface area contributed by atoms with E-state index in [4.69, 9.17) is 4.74 Å². The molecule has 1 atom stereocenters. The summed E-state index contributed by atoms with van der Waals surface area (Å²) in [5.41, 5.74) is 2.84. The van der Waals surface area contributed by atoms with E-state index in [-0.39, 0.29) is 11.0 Å². The standard InChI is InChI=1S/C20H30N4O/c1-4-11-22-18(5-1)19(9-13-21-15-17-6-12-23-24-17)10-14-25-20(16-19)7-2-3-8-20/h1,4-6,12,21-22H,2-3,7-11,13-16H2,(H,23,24)/t19-/m1/s1. The highest BCUT2D eigenvalue weighted by atomic mass is 16.5. The van der Waals surface area contributed by atoms with Crippen molar-refractivity contribution in [3.8, 4) is 0 Å². The predicted octanol–water partition coefficient (Wildman–Crippen LogP) is 3.04. The third-order valence-corrected chi connectivity index (χ3v) is 6.19. The number of rotatable bonds is 6. The Morgan fingerprint density at radius 1 is 1.24 bits per heavy atom. The van der Waals surface area contributed by atoms with E-state index in [9.17, 15) is 0 Å². The maximum Gasteiger partial charge on any atom is 0.0759 e. The second kappa shape index (κ2) is 7.34. The number of aromatic nitrogens is 2. The van der Waals surface area contributed by atoms with Crippen molar-refractivity contribution < 1.29 is 4.74 Å². The lowest BCUT2D eigenvalue weighted by Gasteiger charge is -2.48. The van der Waals surface area contributed by atoms with Gasteiger partial charge in [-0.2, -0.15) is 5.10 Å². The topological polar surface area (TPSA) is 62.0 Å². The Morgan fingerprint density at radius 3 is 2.92 bits per heavy atom. The summed E-state index contributed by atoms with van der Waals surface area (Å²) < 4.78 is 6.33. The van der Waals surface area contributed by atoms with Crippen molar-refractivity contribution in [1.29, 1.82) is 0 Å². The summed E-state index contributed by atoms with van der Waals surface area (Å²) in [6, 6.07) is 2.03. The molecule has 25 heavy (non-hydrogen) atoms. The molecular weight excluding hydrogens is 312 g/mol. The third-order valence-electron chi connectivity index (χ3n) is 6.19. The van der Waals surface area contributed by atoms with Gasteiger partial charge in [0.25, 0.3) is 0 Å². The van der Waals surface area contributed by atoms with Crippen molar-refractivity contribution in [3.63, 3.8) is 0 Å². The van der Waals surface area contributed by atoms with Gasteiger partial charge >= 0.3 is 0 Å². The number of aromatic amines is 1. The van der Waals surface area contributed by atoms with E-state index >= 15 is 0 Å². The van der Waals surface area contributed by atoms with Gasteiger partial charge in [0.15, 0.2) is 0 Å². The van der Waals surface area contributed by atoms with Crippen LogP contribution in [0, 0.1) is 5.41 Å². The van der Waals surface area contributed by atoms with Crippen LogP contribution in [0.2, 0.25) is 0 Å². The molecule has 1 saturated carbocycles. The zero-order valence-electron chi connectivity index (χ0n) is 15.0. The molecule has 0 bridgehead atoms. The first kappa shape index (κ1) is 16.9. The van der Waals surface area contributed by atoms with Crippen LogP contribution in [0.3, 0.4) is 0 Å². The van der Waals surface area contributed by atoms with Crippen LogP contribution in [0.15, 0.2) is 36.2 Å². The van der Waals surface area contributed by atoms with Crippen LogP contribution in [0.4, 0.5) is 0 Å². The van der Waals surface area contributed by atoms with Gasteiger partial charge in [-0.15, -0.1) is 0 Å². The molecule has 5 nitrogen and oxygen atoms in total. The quantitative estimate of drug-likeness (QED) is 0.696. The van der Waals surface area contributed by atoms with Crippen LogP contribution in [0.1, 0.15) is 50.6 Å². The highest BCUT2D eigenvalue weighted by Gasteiger charge is 2.48. The summed E-state index contributed by atoms with van der Waals surface area (Å²) in [4.78, 5) is 0. The highest BCUT2D eigenvalue weighted by molar-refractivity contribution is 5.25. The summed E-state index contributed by atoms with van der Waals surface area (Å²) in [6.07, 6.45) is 17.1. The Kier molecular flexibility index (Phi) is 4.95. The first-order valence-electron chi connectivity index (χ1n) is 9.75. The van der Waals surface area contributed by atoms with Crippen molar-refractivity contribution in [2.45, 2.75) is 57.1 Å². The second-order valence-electron chi connectivity index (χ2n) is 7.83. The molecule has 0 aromatic carbocycles. The minimum atomic E-state index is 0.129. The molecule has 1 spiro atoms. The van der Waals surface area contributed by atoms with Crippen molar-refractivity contribution in [2.75, 3.05) is 19.7 Å². The van der Waals surface area contributed by atoms with Crippen molar-refractivity contribution >= 4 is 0 Å². The maximum atomic E-state index is 6.33. The zero-order chi connectivity index (χ0) is 17.0. The summed E-state index contributed by atoms with van der Waals surface area (Å²) >= 11 is 0. The van der Waals surface area contributed by atoms with Crippen LogP contribution >= 0.6 is 0 Å². The van der Waals surface area contributed by atoms with E-state index in [0.717, 1.165) is 51.2 Å². The van der Waals surface area contributed by atoms with Gasteiger partial charge in [0, 0.05) is 37.0 Å². The van der Waals surface area contributed by atoms with Gasteiger partial charge < -0.3 is 15.4 Å². The highest BCUT2D eigenvalue weighted by Crippen LogP contribution is 2.51. The fourth-order valence-electron chi connectivity index (χ4n) is 4.90. The molecule has 1 saturated heterocycles. The minimum Gasteiger partial charge on any atom is -0.384 e. The Balaban J connectivity index is 1.45. The van der Waals surface area contributed by atoms with Gasteiger partial charge in [-0.25, -0.2) is 0 Å². The number of hydrogen-bond acceptors (Lipinski definition) is 4. The van der Waals surface area contributed by atoms with E-state index in [1.165, 1.54) is 31.4 Å². The van der Waals surface area contributed by atoms with Crippen molar-refractivity contribution in [2.24, 2.45) is 5.41 Å². The Morgan fingerprint density at radius 2 is 2.16 bits per heavy atom. The fourth-order valence-corrected chi connectivity index (χ4v) is 4.90. The van der Waals surface area contributed by atoms with Crippen LogP contribution in [-0.4, -0.2) is 35.5 Å². The number of H-pyrrole nitrogens is 1. The fraction of sp³-hybridized carbons (Fsp3) is 0.650. The van der Waals surface area contributed by atoms with E-state index in [0.29, 0.717) is 0 Å². The minimum absolute atomic E-state index is 0.129. The molecule has 3 heterocycles. The van der Waals surface area contributed by atoms with E-state index in [1.54, 1.807) is 0 Å². The molecule has 2 fully saturated rings. The van der Waals surface area contributed by atoms with Gasteiger partial charge in [0.1, 0.15) is 0 Å². The molecule has 4 rings (SSSR count). The molecule has 1 aliphatic carbocycles. The average Bonchev–Trinajstić information content (AvgIpc) is 3.32. The smallest absolute Gasteiger partial charge is 0.0759 e. The second-order valence-corrected chi connectivity index (χ2v) is 7.83. The number of dihydropyridines is 1. The van der Waals surface area contributed by atoms with E-state index < -0.39 is 0 Å². The molecule has 136 valence electrons. The summed E-state index contributed by atoms with van der Waals surface area (Å²) in [7, 11) is 0. The SMILES string of the molecule is C1=CCNC([C@]2(CCNCc3cc[nH]n3)CCOC3(CCCC3)C2)=C1. The summed E-state index contributed by atoms with van der Waals surface area (Å²) in [5, 5.41) is 14.3. The molecule has 0 amide bonds. The average molecular weight is 342 g/mol. The molecule has 3 aliphatic rings. The largest absolute Gasteiger partial charge is 0.384 e. The number of ether oxygens (including phenoxy) is 1. The maximum absolute atomic E-state index is 6.33. The van der Waals surface area contributed by atoms with Gasteiger partial charge in [-0.1, -0.05) is 25.0 Å². The molecule has 5 heteroatoms. The Labute approximate surface area is 150 Å². The van der Waals surface area contributed by atoms with Crippen molar-refractivity contribution in [1.82, 2.24) is 20.8 Å². The molecular formula is C20H30N4O. The van der Waals surface area contributed by atoms with Gasteiger partial charge in [0.2, 0.25) is 0 Å². The van der Waals surface area contributed by atoms with Crippen LogP contribution in [0.5, 0.6) is 0 Å². The van der Waals surface area contributed by atoms with Crippen LogP contribution in [-0.2, 0) is 11.3 Å². The Bertz CT molecular complexity index is 616. The lowest BCUT2D eigenvalue weighted by atomic mass is 9.67. The third kappa shape index (κ3) is 3.67. The zero-order valence-corrected chi connectivity index (χ0v) is 15.0. The molecule has 2 aliphatic heterocycles. The predicted molar refractivity (Wildman–Crippen MR) is 99.0 cm³/mol. The van der Waals surface area contributed by atoms with Crippen LogP contribution < -0.4 is 10.6 Å². The summed E-state index contributed by atoms with van der Waals surface area (Å²) in [6.45, 7) is 3.67. The van der Waals surface area contributed by atoms with Crippen molar-refractivity contribution in [3.05, 3.63) is 41.9 Å². The molecule has 1 aromatic rings. The van der Waals surface area contributed by atoms with Gasteiger partial charge in [0.05, 0.1) is 11.3 Å². The van der Waals surface area contributed by atoms with E-state index in [1.807, 2.05) is 12.3 Å². The summed E-state index contributed by atoms with van der Waals surface area (Å²) in [5.74, 6) is 0. The normalized spacial score (nSPS) is 28.1. The number of nitrogens with zero attached hydrogens (tertiary/aromatic N) is 1. The lowest BCUT2D eigenvalue weighted by Crippen LogP contribution is -2.48. The first-order valence-corrected chi connectivity index (χ1v) is 9.75. The first-order chi connectivity index (χ1) is 12.3.